The van der Waals surface area contributed by atoms with Gasteiger partial charge in [0.25, 0.3) is 5.91 Å². The monoisotopic (exact) mass is 320 g/mol. The van der Waals surface area contributed by atoms with Gasteiger partial charge in [0.2, 0.25) is 0 Å². The SMILES string of the molecule is C=CCc1ccc(OCC(=O)NCC2CNCC2O)c(OC)c1. The molecule has 23 heavy (non-hydrogen) atoms. The zero-order valence-corrected chi connectivity index (χ0v) is 13.4. The van der Waals surface area contributed by atoms with E-state index in [0.29, 0.717) is 31.1 Å². The van der Waals surface area contributed by atoms with Crippen LogP contribution in [0.2, 0.25) is 0 Å². The molecule has 1 aromatic carbocycles. The first-order valence-corrected chi connectivity index (χ1v) is 7.70. The molecule has 6 nitrogen and oxygen atoms in total. The Hall–Kier alpha value is -2.05. The molecule has 1 aliphatic rings. The van der Waals surface area contributed by atoms with Crippen LogP contribution in [0.25, 0.3) is 0 Å². The average Bonchev–Trinajstić information content (AvgIpc) is 2.97. The van der Waals surface area contributed by atoms with Gasteiger partial charge < -0.3 is 25.2 Å². The lowest BCUT2D eigenvalue weighted by molar-refractivity contribution is -0.123. The minimum Gasteiger partial charge on any atom is -0.493 e. The highest BCUT2D eigenvalue weighted by atomic mass is 16.5. The molecule has 1 aliphatic heterocycles. The van der Waals surface area contributed by atoms with Gasteiger partial charge >= 0.3 is 0 Å². The fourth-order valence-electron chi connectivity index (χ4n) is 2.49. The summed E-state index contributed by atoms with van der Waals surface area (Å²) >= 11 is 0. The number of ether oxygens (including phenoxy) is 2. The van der Waals surface area contributed by atoms with Gasteiger partial charge in [-0.25, -0.2) is 0 Å². The number of carbonyl (C=O) groups is 1. The normalized spacial score (nSPS) is 20.1. The Morgan fingerprint density at radius 3 is 2.96 bits per heavy atom. The molecule has 1 amide bonds. The molecule has 0 radical (unpaired) electrons. The van der Waals surface area contributed by atoms with Crippen LogP contribution in [0.4, 0.5) is 0 Å². The summed E-state index contributed by atoms with van der Waals surface area (Å²) in [6.07, 6.45) is 2.15. The summed E-state index contributed by atoms with van der Waals surface area (Å²) in [6, 6.07) is 5.57. The van der Waals surface area contributed by atoms with Gasteiger partial charge in [-0.2, -0.15) is 0 Å². The van der Waals surface area contributed by atoms with Gasteiger partial charge in [-0.05, 0) is 24.1 Å². The first kappa shape index (κ1) is 17.3. The molecule has 2 unspecified atom stereocenters. The largest absolute Gasteiger partial charge is 0.493 e. The summed E-state index contributed by atoms with van der Waals surface area (Å²) in [4.78, 5) is 11.9. The van der Waals surface area contributed by atoms with Crippen LogP contribution in [-0.2, 0) is 11.2 Å². The van der Waals surface area contributed by atoms with Crippen molar-refractivity contribution in [3.63, 3.8) is 0 Å². The summed E-state index contributed by atoms with van der Waals surface area (Å²) in [6.45, 7) is 5.33. The quantitative estimate of drug-likeness (QED) is 0.608. The van der Waals surface area contributed by atoms with Crippen LogP contribution >= 0.6 is 0 Å². The molecule has 2 atom stereocenters. The molecule has 0 spiro atoms. The third-order valence-electron chi connectivity index (χ3n) is 3.83. The number of β-amino-alcohol motifs (C(OH)–C–C–N with tert-alkyl or cyclic N) is 1. The van der Waals surface area contributed by atoms with Crippen LogP contribution < -0.4 is 20.1 Å². The molecule has 1 saturated heterocycles. The Kier molecular flexibility index (Phi) is 6.43. The molecule has 126 valence electrons. The zero-order chi connectivity index (χ0) is 16.7. The number of hydrogen-bond donors (Lipinski definition) is 3. The second-order valence-corrected chi connectivity index (χ2v) is 5.56. The Labute approximate surface area is 136 Å². The lowest BCUT2D eigenvalue weighted by atomic mass is 10.1. The number of aliphatic hydroxyl groups excluding tert-OH is 1. The van der Waals surface area contributed by atoms with Crippen LogP contribution in [0.3, 0.4) is 0 Å². The van der Waals surface area contributed by atoms with E-state index < -0.39 is 6.10 Å². The number of aliphatic hydroxyl groups is 1. The highest BCUT2D eigenvalue weighted by Crippen LogP contribution is 2.28. The summed E-state index contributed by atoms with van der Waals surface area (Å²) in [5.41, 5.74) is 1.07. The Balaban J connectivity index is 1.82. The van der Waals surface area contributed by atoms with Crippen molar-refractivity contribution in [2.24, 2.45) is 5.92 Å². The van der Waals surface area contributed by atoms with Gasteiger partial charge in [0.1, 0.15) is 0 Å². The molecule has 0 bridgehead atoms. The molecular formula is C17H24N2O4. The summed E-state index contributed by atoms with van der Waals surface area (Å²) in [5, 5.41) is 15.5. The topological polar surface area (TPSA) is 79.8 Å². The summed E-state index contributed by atoms with van der Waals surface area (Å²) < 4.78 is 10.8. The molecule has 0 saturated carbocycles. The molecule has 1 fully saturated rings. The lowest BCUT2D eigenvalue weighted by Gasteiger charge is -2.15. The van der Waals surface area contributed by atoms with E-state index in [1.54, 1.807) is 13.2 Å². The van der Waals surface area contributed by atoms with E-state index in [4.69, 9.17) is 9.47 Å². The van der Waals surface area contributed by atoms with Crippen LogP contribution in [0.1, 0.15) is 5.56 Å². The standard InChI is InChI=1S/C17H24N2O4/c1-3-4-12-5-6-15(16(7-12)22-2)23-11-17(21)19-9-13-8-18-10-14(13)20/h3,5-7,13-14,18,20H,1,4,8-11H2,2H3,(H,19,21). The van der Waals surface area contributed by atoms with Crippen molar-refractivity contribution in [3.8, 4) is 11.5 Å². The van der Waals surface area contributed by atoms with Crippen LogP contribution in [0, 0.1) is 5.92 Å². The number of carbonyl (C=O) groups excluding carboxylic acids is 1. The molecular weight excluding hydrogens is 296 g/mol. The first-order chi connectivity index (χ1) is 11.1. The number of allylic oxidation sites excluding steroid dienone is 1. The van der Waals surface area contributed by atoms with Crippen LogP contribution in [-0.4, -0.2) is 50.5 Å². The van der Waals surface area contributed by atoms with Crippen molar-refractivity contribution in [1.82, 2.24) is 10.6 Å². The number of rotatable bonds is 8. The number of benzene rings is 1. The van der Waals surface area contributed by atoms with Crippen molar-refractivity contribution in [1.29, 1.82) is 0 Å². The van der Waals surface area contributed by atoms with E-state index in [0.717, 1.165) is 12.0 Å². The van der Waals surface area contributed by atoms with Gasteiger partial charge in [0, 0.05) is 25.6 Å². The van der Waals surface area contributed by atoms with Crippen molar-refractivity contribution in [3.05, 3.63) is 36.4 Å². The minimum absolute atomic E-state index is 0.0478. The number of amides is 1. The molecule has 2 rings (SSSR count). The molecule has 6 heteroatoms. The highest BCUT2D eigenvalue weighted by molar-refractivity contribution is 5.77. The van der Waals surface area contributed by atoms with E-state index >= 15 is 0 Å². The zero-order valence-electron chi connectivity index (χ0n) is 13.4. The van der Waals surface area contributed by atoms with Crippen molar-refractivity contribution in [2.75, 3.05) is 33.4 Å². The van der Waals surface area contributed by atoms with Gasteiger partial charge in [-0.1, -0.05) is 12.1 Å². The van der Waals surface area contributed by atoms with Crippen molar-refractivity contribution in [2.45, 2.75) is 12.5 Å². The Morgan fingerprint density at radius 2 is 2.30 bits per heavy atom. The maximum Gasteiger partial charge on any atom is 0.257 e. The third-order valence-corrected chi connectivity index (χ3v) is 3.83. The fraction of sp³-hybridized carbons (Fsp3) is 0.471. The average molecular weight is 320 g/mol. The fourth-order valence-corrected chi connectivity index (χ4v) is 2.49. The van der Waals surface area contributed by atoms with E-state index in [1.165, 1.54) is 0 Å². The molecule has 1 aromatic rings. The maximum atomic E-state index is 11.9. The predicted molar refractivity (Wildman–Crippen MR) is 87.8 cm³/mol. The number of methoxy groups -OCH3 is 1. The van der Waals surface area contributed by atoms with Gasteiger partial charge in [0.05, 0.1) is 13.2 Å². The van der Waals surface area contributed by atoms with E-state index in [9.17, 15) is 9.90 Å². The third kappa shape index (κ3) is 4.97. The first-order valence-electron chi connectivity index (χ1n) is 7.70. The second-order valence-electron chi connectivity index (χ2n) is 5.56. The molecule has 1 heterocycles. The molecule has 3 N–H and O–H groups in total. The minimum atomic E-state index is -0.409. The summed E-state index contributed by atoms with van der Waals surface area (Å²) in [5.74, 6) is 0.943. The smallest absolute Gasteiger partial charge is 0.257 e. The second kappa shape index (κ2) is 8.55. The van der Waals surface area contributed by atoms with Crippen LogP contribution in [0.5, 0.6) is 11.5 Å². The Morgan fingerprint density at radius 1 is 1.48 bits per heavy atom. The van der Waals surface area contributed by atoms with Crippen molar-refractivity contribution < 1.29 is 19.4 Å². The van der Waals surface area contributed by atoms with Crippen LogP contribution in [0.15, 0.2) is 30.9 Å². The highest BCUT2D eigenvalue weighted by Gasteiger charge is 2.25. The van der Waals surface area contributed by atoms with E-state index in [2.05, 4.69) is 17.2 Å². The van der Waals surface area contributed by atoms with Gasteiger partial charge in [0.15, 0.2) is 18.1 Å². The lowest BCUT2D eigenvalue weighted by Crippen LogP contribution is -2.36. The van der Waals surface area contributed by atoms with Crippen molar-refractivity contribution >= 4 is 5.91 Å². The predicted octanol–water partition coefficient (Wildman–Crippen LogP) is 0.499. The number of hydrogen-bond acceptors (Lipinski definition) is 5. The van der Waals surface area contributed by atoms with E-state index in [-0.39, 0.29) is 18.4 Å². The number of nitrogens with one attached hydrogen (secondary N) is 2. The van der Waals surface area contributed by atoms with Gasteiger partial charge in [-0.3, -0.25) is 4.79 Å². The van der Waals surface area contributed by atoms with E-state index in [1.807, 2.05) is 18.2 Å². The summed E-state index contributed by atoms with van der Waals surface area (Å²) in [7, 11) is 1.56. The molecule has 0 aromatic heterocycles. The maximum absolute atomic E-state index is 11.9. The Bertz CT molecular complexity index is 547. The van der Waals surface area contributed by atoms with Gasteiger partial charge in [-0.15, -0.1) is 6.58 Å². The molecule has 0 aliphatic carbocycles.